The van der Waals surface area contributed by atoms with Crippen LogP contribution in [0.25, 0.3) is 16.8 Å². The molecule has 3 aromatic rings. The van der Waals surface area contributed by atoms with E-state index in [-0.39, 0.29) is 12.0 Å². The molecule has 5 rings (SSSR count). The summed E-state index contributed by atoms with van der Waals surface area (Å²) < 4.78 is 10.3. The third kappa shape index (κ3) is 5.23. The highest BCUT2D eigenvalue weighted by Crippen LogP contribution is 2.38. The second-order valence-electron chi connectivity index (χ2n) is 11.1. The second-order valence-corrected chi connectivity index (χ2v) is 11.9. The van der Waals surface area contributed by atoms with Crippen molar-refractivity contribution in [3.05, 3.63) is 28.8 Å². The molecule has 1 aliphatic heterocycles. The van der Waals surface area contributed by atoms with Gasteiger partial charge < -0.3 is 15.0 Å². The van der Waals surface area contributed by atoms with E-state index in [4.69, 9.17) is 14.8 Å². The number of piperidine rings is 1. The lowest BCUT2D eigenvalue weighted by Gasteiger charge is -2.34. The summed E-state index contributed by atoms with van der Waals surface area (Å²) in [6.45, 7) is 6.99. The molecule has 1 amide bonds. The van der Waals surface area contributed by atoms with Gasteiger partial charge in [0.1, 0.15) is 11.4 Å². The van der Waals surface area contributed by atoms with Crippen molar-refractivity contribution in [3.63, 3.8) is 0 Å². The van der Waals surface area contributed by atoms with Gasteiger partial charge in [0.15, 0.2) is 5.65 Å². The standard InChI is InChI=1S/C26H36BrN7O2/c1-26(2,3)36-25(35)33-12-8-9-17(16-33)22-21(27)24(30-19-10-6-5-7-11-19)34-23(31-22)20(14-29-34)18-13-28-32(4)15-18/h13-15,17,19,30H,5-12,16H2,1-4H3. The number of rotatable bonds is 4. The minimum atomic E-state index is -0.519. The van der Waals surface area contributed by atoms with Crippen LogP contribution in [0.2, 0.25) is 0 Å². The monoisotopic (exact) mass is 557 g/mol. The van der Waals surface area contributed by atoms with Crippen molar-refractivity contribution in [3.8, 4) is 11.1 Å². The number of carbonyl (C=O) groups excluding carboxylic acids is 1. The van der Waals surface area contributed by atoms with Crippen molar-refractivity contribution in [1.29, 1.82) is 0 Å². The van der Waals surface area contributed by atoms with Gasteiger partial charge in [-0.15, -0.1) is 0 Å². The quantitative estimate of drug-likeness (QED) is 0.439. The molecule has 10 heteroatoms. The number of aryl methyl sites for hydroxylation is 1. The number of fused-ring (bicyclic) bond motifs is 1. The van der Waals surface area contributed by atoms with E-state index in [1.165, 1.54) is 19.3 Å². The normalized spacial score (nSPS) is 19.6. The molecule has 194 valence electrons. The first-order chi connectivity index (χ1) is 17.2. The molecule has 1 atom stereocenters. The van der Waals surface area contributed by atoms with Crippen molar-refractivity contribution >= 4 is 33.5 Å². The molecule has 0 spiro atoms. The van der Waals surface area contributed by atoms with Crippen LogP contribution in [0.1, 0.15) is 77.3 Å². The summed E-state index contributed by atoms with van der Waals surface area (Å²) in [5.74, 6) is 1.03. The number of hydrogen-bond donors (Lipinski definition) is 1. The molecule has 1 unspecified atom stereocenters. The first-order valence-corrected chi connectivity index (χ1v) is 13.8. The number of ether oxygens (including phenoxy) is 1. The Bertz CT molecular complexity index is 1240. The van der Waals surface area contributed by atoms with Crippen LogP contribution in [0.5, 0.6) is 0 Å². The van der Waals surface area contributed by atoms with Crippen molar-refractivity contribution in [2.45, 2.75) is 83.3 Å². The van der Waals surface area contributed by atoms with Gasteiger partial charge in [0.2, 0.25) is 0 Å². The van der Waals surface area contributed by atoms with Crippen molar-refractivity contribution in [2.24, 2.45) is 7.05 Å². The zero-order valence-corrected chi connectivity index (χ0v) is 23.2. The smallest absolute Gasteiger partial charge is 0.410 e. The molecule has 36 heavy (non-hydrogen) atoms. The Morgan fingerprint density at radius 2 is 1.89 bits per heavy atom. The topological polar surface area (TPSA) is 89.6 Å². The van der Waals surface area contributed by atoms with Crippen molar-refractivity contribution < 1.29 is 9.53 Å². The van der Waals surface area contributed by atoms with Crippen LogP contribution < -0.4 is 5.32 Å². The van der Waals surface area contributed by atoms with Crippen LogP contribution in [-0.2, 0) is 11.8 Å². The maximum absolute atomic E-state index is 12.9. The number of likely N-dealkylation sites (tertiary alicyclic amines) is 1. The summed E-state index contributed by atoms with van der Waals surface area (Å²) in [4.78, 5) is 19.8. The van der Waals surface area contributed by atoms with E-state index in [9.17, 15) is 4.79 Å². The fourth-order valence-corrected chi connectivity index (χ4v) is 5.98. The van der Waals surface area contributed by atoms with E-state index < -0.39 is 5.60 Å². The summed E-state index contributed by atoms with van der Waals surface area (Å²) >= 11 is 3.90. The van der Waals surface area contributed by atoms with Gasteiger partial charge in [0.05, 0.1) is 22.6 Å². The largest absolute Gasteiger partial charge is 0.444 e. The molecule has 0 aromatic carbocycles. The maximum Gasteiger partial charge on any atom is 0.410 e. The van der Waals surface area contributed by atoms with Crippen LogP contribution in [0.15, 0.2) is 23.1 Å². The van der Waals surface area contributed by atoms with Crippen molar-refractivity contribution in [2.75, 3.05) is 18.4 Å². The number of anilines is 1. The highest BCUT2D eigenvalue weighted by atomic mass is 79.9. The Labute approximate surface area is 220 Å². The number of carbonyl (C=O) groups is 1. The first-order valence-electron chi connectivity index (χ1n) is 13.0. The minimum absolute atomic E-state index is 0.0918. The van der Waals surface area contributed by atoms with Gasteiger partial charge in [0, 0.05) is 49.4 Å². The SMILES string of the molecule is Cn1cc(-c2cnn3c(NC4CCCCC4)c(Br)c(C4CCCN(C(=O)OC(C)(C)C)C4)nc23)cn1. The average molecular weight is 559 g/mol. The molecule has 9 nitrogen and oxygen atoms in total. The summed E-state index contributed by atoms with van der Waals surface area (Å²) in [5, 5.41) is 12.9. The average Bonchev–Trinajstić information content (AvgIpc) is 3.46. The van der Waals surface area contributed by atoms with Gasteiger partial charge in [-0.2, -0.15) is 14.7 Å². The van der Waals surface area contributed by atoms with E-state index in [0.717, 1.165) is 58.4 Å². The molecule has 1 N–H and O–H groups in total. The van der Waals surface area contributed by atoms with Crippen LogP contribution in [-0.4, -0.2) is 60.1 Å². The Morgan fingerprint density at radius 1 is 1.11 bits per heavy atom. The van der Waals surface area contributed by atoms with Crippen LogP contribution >= 0.6 is 15.9 Å². The fraction of sp³-hybridized carbons (Fsp3) is 0.615. The molecule has 1 saturated carbocycles. The number of hydrogen-bond acceptors (Lipinski definition) is 6. The van der Waals surface area contributed by atoms with Crippen molar-refractivity contribution in [1.82, 2.24) is 29.3 Å². The second kappa shape index (κ2) is 10.0. The Balaban J connectivity index is 1.54. The lowest BCUT2D eigenvalue weighted by Crippen LogP contribution is -2.42. The molecule has 3 aromatic heterocycles. The molecular formula is C26H36BrN7O2. The zero-order valence-electron chi connectivity index (χ0n) is 21.6. The van der Waals surface area contributed by atoms with Gasteiger partial charge in [0.25, 0.3) is 0 Å². The summed E-state index contributed by atoms with van der Waals surface area (Å²) in [6.07, 6.45) is 13.4. The maximum atomic E-state index is 12.9. The Kier molecular flexibility index (Phi) is 6.98. The Morgan fingerprint density at radius 3 is 2.58 bits per heavy atom. The third-order valence-electron chi connectivity index (χ3n) is 7.04. The number of nitrogens with zero attached hydrogens (tertiary/aromatic N) is 6. The molecule has 2 fully saturated rings. The first kappa shape index (κ1) is 25.0. The lowest BCUT2D eigenvalue weighted by molar-refractivity contribution is 0.0197. The van der Waals surface area contributed by atoms with Gasteiger partial charge in [-0.25, -0.2) is 9.78 Å². The number of nitrogens with one attached hydrogen (secondary N) is 1. The van der Waals surface area contributed by atoms with E-state index >= 15 is 0 Å². The molecule has 0 radical (unpaired) electrons. The summed E-state index contributed by atoms with van der Waals surface area (Å²) in [5.41, 5.74) is 3.17. The molecule has 2 aliphatic rings. The highest BCUT2D eigenvalue weighted by molar-refractivity contribution is 9.10. The third-order valence-corrected chi connectivity index (χ3v) is 7.82. The molecule has 4 heterocycles. The summed E-state index contributed by atoms with van der Waals surface area (Å²) in [6, 6.07) is 0.407. The molecule has 0 bridgehead atoms. The van der Waals surface area contributed by atoms with Gasteiger partial charge in [-0.1, -0.05) is 19.3 Å². The van der Waals surface area contributed by atoms with Crippen LogP contribution in [0, 0.1) is 0 Å². The van der Waals surface area contributed by atoms with Gasteiger partial charge in [-0.05, 0) is 62.4 Å². The predicted octanol–water partition coefficient (Wildman–Crippen LogP) is 5.75. The lowest BCUT2D eigenvalue weighted by atomic mass is 9.94. The molecule has 1 saturated heterocycles. The van der Waals surface area contributed by atoms with Crippen LogP contribution in [0.3, 0.4) is 0 Å². The van der Waals surface area contributed by atoms with E-state index in [1.54, 1.807) is 4.68 Å². The number of aromatic nitrogens is 5. The zero-order chi connectivity index (χ0) is 25.4. The van der Waals surface area contributed by atoms with Crippen LogP contribution in [0.4, 0.5) is 10.6 Å². The summed E-state index contributed by atoms with van der Waals surface area (Å²) in [7, 11) is 1.91. The molecule has 1 aliphatic carbocycles. The Hall–Kier alpha value is -2.62. The number of halogens is 1. The van der Waals surface area contributed by atoms with E-state index in [2.05, 4.69) is 26.3 Å². The number of amides is 1. The van der Waals surface area contributed by atoms with E-state index in [1.807, 2.05) is 55.8 Å². The highest BCUT2D eigenvalue weighted by Gasteiger charge is 2.32. The fourth-order valence-electron chi connectivity index (χ4n) is 5.28. The molecular weight excluding hydrogens is 522 g/mol. The van der Waals surface area contributed by atoms with Gasteiger partial charge >= 0.3 is 6.09 Å². The predicted molar refractivity (Wildman–Crippen MR) is 143 cm³/mol. The van der Waals surface area contributed by atoms with Gasteiger partial charge in [-0.3, -0.25) is 4.68 Å². The minimum Gasteiger partial charge on any atom is -0.444 e. The van der Waals surface area contributed by atoms with E-state index in [0.29, 0.717) is 19.1 Å².